The Hall–Kier alpha value is -4.54. The van der Waals surface area contributed by atoms with Crippen LogP contribution in [-0.4, -0.2) is 65.4 Å². The molecule has 0 saturated heterocycles. The van der Waals surface area contributed by atoms with Gasteiger partial charge in [0.2, 0.25) is 0 Å². The number of para-hydroxylation sites is 4. The zero-order valence-electron chi connectivity index (χ0n) is 17.6. The van der Waals surface area contributed by atoms with Crippen LogP contribution in [0.15, 0.2) is 61.2 Å². The number of nitrogens with zero attached hydrogens (tertiary/aromatic N) is 11. The minimum atomic E-state index is -1.75. The number of imidazole rings is 2. The number of tetrazole rings is 2. The van der Waals surface area contributed by atoms with E-state index in [1.54, 1.807) is 22.0 Å². The first kappa shape index (κ1) is 25.1. The molecule has 2 aromatic carbocycles. The Labute approximate surface area is 211 Å². The van der Waals surface area contributed by atoms with Crippen molar-refractivity contribution in [1.29, 1.82) is 0 Å². The van der Waals surface area contributed by atoms with Gasteiger partial charge >= 0.3 is 22.4 Å². The predicted octanol–water partition coefficient (Wildman–Crippen LogP) is 0.954. The molecule has 4 heterocycles. The molecular weight excluding hydrogens is 554 g/mol. The summed E-state index contributed by atoms with van der Waals surface area (Å²) in [5, 5.41) is 36.6. The molecule has 0 spiro atoms. The van der Waals surface area contributed by atoms with E-state index in [2.05, 4.69) is 51.0 Å². The molecule has 6 aromatic rings. The summed E-state index contributed by atoms with van der Waals surface area (Å²) in [4.78, 5) is 23.5. The molecule has 2 N–H and O–H groups in total. The van der Waals surface area contributed by atoms with Crippen LogP contribution >= 0.6 is 0 Å². The summed E-state index contributed by atoms with van der Waals surface area (Å²) in [6.07, 6.45) is 3.13. The Kier molecular flexibility index (Phi) is 8.65. The number of aromatic nitrogens is 12. The molecule has 182 valence electrons. The second-order valence-electron chi connectivity index (χ2n) is 6.64. The molecule has 16 nitrogen and oxygen atoms in total. The predicted molar refractivity (Wildman–Crippen MR) is 116 cm³/mol. The van der Waals surface area contributed by atoms with Gasteiger partial charge in [0.25, 0.3) is 0 Å². The van der Waals surface area contributed by atoms with E-state index in [0.29, 0.717) is 13.1 Å². The van der Waals surface area contributed by atoms with Gasteiger partial charge < -0.3 is 25.3 Å². The summed E-state index contributed by atoms with van der Waals surface area (Å²) in [6.45, 7) is 1.11. The van der Waals surface area contributed by atoms with E-state index in [4.69, 9.17) is 15.3 Å². The summed E-state index contributed by atoms with van der Waals surface area (Å²) in [5.41, 5.74) is 3.97. The molecule has 0 atom stereocenters. The van der Waals surface area contributed by atoms with E-state index >= 15 is 0 Å². The van der Waals surface area contributed by atoms with E-state index in [0.717, 1.165) is 33.7 Å². The van der Waals surface area contributed by atoms with Crippen molar-refractivity contribution < 1.29 is 27.5 Å². The third kappa shape index (κ3) is 7.22. The van der Waals surface area contributed by atoms with Crippen LogP contribution in [0.5, 0.6) is 0 Å². The molecule has 0 fully saturated rings. The van der Waals surface area contributed by atoms with Crippen LogP contribution in [0, 0.1) is 15.3 Å². The average molecular weight is 570 g/mol. The number of benzene rings is 2. The number of hydrogen-bond donors (Lipinski definition) is 2. The Morgan fingerprint density at radius 1 is 0.743 bits per heavy atom. The first-order valence-electron chi connectivity index (χ1n) is 9.67. The minimum absolute atomic E-state index is 0. The Morgan fingerprint density at radius 3 is 1.49 bits per heavy atom. The maximum Gasteiger partial charge on any atom is 1.00 e. The summed E-state index contributed by atoms with van der Waals surface area (Å²) >= 11 is 0. The maximum absolute atomic E-state index is 8.25. The average Bonchev–Trinajstić information content (AvgIpc) is 3.61. The van der Waals surface area contributed by atoms with Gasteiger partial charge in [-0.25, -0.2) is 19.3 Å². The third-order valence-electron chi connectivity index (χ3n) is 4.28. The van der Waals surface area contributed by atoms with E-state index < -0.39 is 5.09 Å². The first-order valence-corrected chi connectivity index (χ1v) is 9.67. The summed E-state index contributed by atoms with van der Waals surface area (Å²) in [5.74, 6) is 1.70. The maximum atomic E-state index is 8.25. The van der Waals surface area contributed by atoms with Crippen molar-refractivity contribution in [1.82, 2.24) is 60.4 Å². The topological polar surface area (TPSA) is 211 Å². The minimum Gasteiger partial charge on any atom is -0.356 e. The number of hydrogen-bond acceptors (Lipinski definition) is 11. The van der Waals surface area contributed by atoms with Crippen LogP contribution in [0.25, 0.3) is 22.1 Å². The first-order chi connectivity index (χ1) is 16.6. The molecule has 0 aliphatic rings. The van der Waals surface area contributed by atoms with Gasteiger partial charge in [0.1, 0.15) is 37.4 Å². The number of aromatic amines is 2. The Bertz CT molecular complexity index is 1290. The molecule has 0 amide bonds. The van der Waals surface area contributed by atoms with Gasteiger partial charge in [0, 0.05) is 0 Å². The molecular formula is C18H16AgN13O3. The Morgan fingerprint density at radius 2 is 1.14 bits per heavy atom. The standard InChI is InChI=1S/2C9H8N6.Ag.NO3/c2*1-2-4-8-7(3-1)11-9(12-8)5-15-6-10-13-14-15;;2-1(3)4/h2*1-4,6H,5H2,(H,11,12);;/q;;+1;-1. The molecule has 0 aliphatic carbocycles. The monoisotopic (exact) mass is 569 g/mol. The number of H-pyrrole nitrogens is 2. The van der Waals surface area contributed by atoms with E-state index in [1.807, 2.05) is 48.5 Å². The van der Waals surface area contributed by atoms with Gasteiger partial charge in [-0.1, -0.05) is 24.3 Å². The van der Waals surface area contributed by atoms with E-state index in [1.165, 1.54) is 0 Å². The van der Waals surface area contributed by atoms with Crippen molar-refractivity contribution in [2.75, 3.05) is 0 Å². The van der Waals surface area contributed by atoms with Crippen molar-refractivity contribution in [2.45, 2.75) is 13.1 Å². The number of nitrogens with one attached hydrogen (secondary N) is 2. The van der Waals surface area contributed by atoms with Gasteiger partial charge in [-0.15, -0.1) is 10.2 Å². The molecule has 17 heteroatoms. The van der Waals surface area contributed by atoms with Crippen LogP contribution < -0.4 is 0 Å². The molecule has 35 heavy (non-hydrogen) atoms. The molecule has 6 rings (SSSR count). The number of rotatable bonds is 4. The van der Waals surface area contributed by atoms with Crippen LogP contribution in [0.2, 0.25) is 0 Å². The van der Waals surface area contributed by atoms with Crippen molar-refractivity contribution >= 4 is 22.1 Å². The van der Waals surface area contributed by atoms with Gasteiger partial charge in [-0.2, -0.15) is 0 Å². The fourth-order valence-electron chi connectivity index (χ4n) is 2.97. The van der Waals surface area contributed by atoms with Gasteiger partial charge in [0.15, 0.2) is 0 Å². The van der Waals surface area contributed by atoms with Crippen molar-refractivity contribution in [3.8, 4) is 0 Å². The molecule has 0 radical (unpaired) electrons. The van der Waals surface area contributed by atoms with Crippen LogP contribution in [0.4, 0.5) is 0 Å². The van der Waals surface area contributed by atoms with Crippen molar-refractivity contribution in [3.63, 3.8) is 0 Å². The van der Waals surface area contributed by atoms with Crippen LogP contribution in [-0.2, 0) is 35.5 Å². The molecule has 0 bridgehead atoms. The molecule has 4 aromatic heterocycles. The van der Waals surface area contributed by atoms with Crippen molar-refractivity contribution in [3.05, 3.63) is 88.2 Å². The summed E-state index contributed by atoms with van der Waals surface area (Å²) < 4.78 is 3.25. The fourth-order valence-corrected chi connectivity index (χ4v) is 2.97. The molecule has 0 saturated carbocycles. The zero-order chi connectivity index (χ0) is 23.8. The smallest absolute Gasteiger partial charge is 0.356 e. The van der Waals surface area contributed by atoms with Gasteiger partial charge in [-0.3, -0.25) is 0 Å². The normalized spacial score (nSPS) is 10.1. The van der Waals surface area contributed by atoms with Gasteiger partial charge in [0.05, 0.1) is 27.2 Å². The largest absolute Gasteiger partial charge is 1.00 e. The van der Waals surface area contributed by atoms with E-state index in [9.17, 15) is 0 Å². The third-order valence-corrected chi connectivity index (χ3v) is 4.28. The molecule has 0 unspecified atom stereocenters. The van der Waals surface area contributed by atoms with Gasteiger partial charge in [-0.05, 0) is 45.1 Å². The molecule has 0 aliphatic heterocycles. The second kappa shape index (κ2) is 12.1. The quantitative estimate of drug-likeness (QED) is 0.173. The second-order valence-corrected chi connectivity index (χ2v) is 6.64. The zero-order valence-corrected chi connectivity index (χ0v) is 19.1. The summed E-state index contributed by atoms with van der Waals surface area (Å²) in [7, 11) is 0. The van der Waals surface area contributed by atoms with E-state index in [-0.39, 0.29) is 22.4 Å². The Balaban J connectivity index is 0.000000166. The van der Waals surface area contributed by atoms with Crippen LogP contribution in [0.3, 0.4) is 0 Å². The van der Waals surface area contributed by atoms with Crippen molar-refractivity contribution in [2.24, 2.45) is 0 Å². The SMILES string of the molecule is O=[N+]([O-])[O-].[Ag+].c1ccc2[nH]c(Cn3cnnn3)nc2c1.c1ccc2[nH]c(Cn3cnnn3)nc2c1. The summed E-state index contributed by atoms with van der Waals surface area (Å²) in [6, 6.07) is 15.8. The fraction of sp³-hybridized carbons (Fsp3) is 0.111. The number of fused-ring (bicyclic) bond motifs is 2. The van der Waals surface area contributed by atoms with Crippen LogP contribution in [0.1, 0.15) is 11.6 Å².